The van der Waals surface area contributed by atoms with Gasteiger partial charge in [0, 0.05) is 19.1 Å². The molecule has 0 spiro atoms. The monoisotopic (exact) mass is 298 g/mol. The van der Waals surface area contributed by atoms with Crippen molar-refractivity contribution in [3.05, 3.63) is 35.4 Å². The van der Waals surface area contributed by atoms with Gasteiger partial charge in [0.25, 0.3) is 0 Å². The van der Waals surface area contributed by atoms with Crippen LogP contribution in [0.1, 0.15) is 35.2 Å². The van der Waals surface area contributed by atoms with E-state index in [2.05, 4.69) is 4.90 Å². The predicted octanol–water partition coefficient (Wildman–Crippen LogP) is 2.21. The molecule has 1 aromatic rings. The summed E-state index contributed by atoms with van der Waals surface area (Å²) in [5.41, 5.74) is 7.64. The highest BCUT2D eigenvalue weighted by Crippen LogP contribution is 2.19. The lowest BCUT2D eigenvalue weighted by Crippen LogP contribution is -2.43. The Morgan fingerprint density at radius 1 is 1.35 bits per heavy atom. The first-order chi connectivity index (χ1) is 9.24. The van der Waals surface area contributed by atoms with Crippen molar-refractivity contribution in [3.63, 3.8) is 0 Å². The van der Waals surface area contributed by atoms with Gasteiger partial charge in [-0.2, -0.15) is 0 Å². The Labute approximate surface area is 126 Å². The molecule has 1 unspecified atom stereocenters. The molecule has 20 heavy (non-hydrogen) atoms. The molecule has 1 aliphatic heterocycles. The molecule has 1 aliphatic rings. The molecule has 2 rings (SSSR count). The van der Waals surface area contributed by atoms with Crippen molar-refractivity contribution in [1.29, 1.82) is 0 Å². The summed E-state index contributed by atoms with van der Waals surface area (Å²) in [7, 11) is 1.40. The number of methoxy groups -OCH3 is 1. The number of likely N-dealkylation sites (tertiary alicyclic amines) is 1. The maximum Gasteiger partial charge on any atom is 0.337 e. The number of nitrogens with zero attached hydrogens (tertiary/aromatic N) is 1. The molecule has 5 heteroatoms. The SMILES string of the molecule is COC(=O)c1ccc(CN2CCCCC2CN)cc1.Cl. The summed E-state index contributed by atoms with van der Waals surface area (Å²) in [5.74, 6) is -0.288. The Morgan fingerprint density at radius 2 is 2.05 bits per heavy atom. The van der Waals surface area contributed by atoms with Gasteiger partial charge in [-0.15, -0.1) is 12.4 Å². The Morgan fingerprint density at radius 3 is 2.65 bits per heavy atom. The van der Waals surface area contributed by atoms with E-state index in [-0.39, 0.29) is 18.4 Å². The van der Waals surface area contributed by atoms with Crippen LogP contribution in [-0.2, 0) is 11.3 Å². The lowest BCUT2D eigenvalue weighted by Gasteiger charge is -2.35. The van der Waals surface area contributed by atoms with Crippen LogP contribution in [0, 0.1) is 0 Å². The van der Waals surface area contributed by atoms with Crippen molar-refractivity contribution in [1.82, 2.24) is 4.90 Å². The molecule has 0 bridgehead atoms. The van der Waals surface area contributed by atoms with Gasteiger partial charge in [0.15, 0.2) is 0 Å². The molecular formula is C15H23ClN2O2. The molecule has 112 valence electrons. The van der Waals surface area contributed by atoms with E-state index in [0.717, 1.165) is 19.6 Å². The highest BCUT2D eigenvalue weighted by molar-refractivity contribution is 5.89. The van der Waals surface area contributed by atoms with Crippen LogP contribution < -0.4 is 5.73 Å². The minimum atomic E-state index is -0.288. The number of hydrogen-bond acceptors (Lipinski definition) is 4. The summed E-state index contributed by atoms with van der Waals surface area (Å²) in [6.07, 6.45) is 3.72. The molecule has 1 fully saturated rings. The fraction of sp³-hybridized carbons (Fsp3) is 0.533. The lowest BCUT2D eigenvalue weighted by molar-refractivity contribution is 0.0600. The minimum Gasteiger partial charge on any atom is -0.465 e. The molecule has 1 atom stereocenters. The smallest absolute Gasteiger partial charge is 0.337 e. The molecule has 0 saturated carbocycles. The van der Waals surface area contributed by atoms with E-state index in [9.17, 15) is 4.79 Å². The first kappa shape index (κ1) is 17.0. The number of esters is 1. The zero-order valence-corrected chi connectivity index (χ0v) is 12.7. The Bertz CT molecular complexity index is 422. The highest BCUT2D eigenvalue weighted by Gasteiger charge is 2.20. The van der Waals surface area contributed by atoms with Crippen LogP contribution in [-0.4, -0.2) is 37.1 Å². The van der Waals surface area contributed by atoms with Crippen molar-refractivity contribution >= 4 is 18.4 Å². The molecule has 0 aromatic heterocycles. The largest absolute Gasteiger partial charge is 0.465 e. The van der Waals surface area contributed by atoms with Crippen LogP contribution in [0.5, 0.6) is 0 Å². The lowest BCUT2D eigenvalue weighted by atomic mass is 10.0. The number of nitrogens with two attached hydrogens (primary N) is 1. The number of halogens is 1. The second kappa shape index (κ2) is 8.25. The van der Waals surface area contributed by atoms with Crippen molar-refractivity contribution in [3.8, 4) is 0 Å². The third kappa shape index (κ3) is 4.20. The third-order valence-corrected chi connectivity index (χ3v) is 3.78. The second-order valence-corrected chi connectivity index (χ2v) is 5.04. The predicted molar refractivity (Wildman–Crippen MR) is 82.1 cm³/mol. The molecule has 0 amide bonds. The van der Waals surface area contributed by atoms with Crippen molar-refractivity contribution in [2.75, 3.05) is 20.2 Å². The normalized spacial score (nSPS) is 19.2. The first-order valence-corrected chi connectivity index (χ1v) is 6.86. The summed E-state index contributed by atoms with van der Waals surface area (Å²) < 4.78 is 4.69. The van der Waals surface area contributed by atoms with E-state index in [1.54, 1.807) is 0 Å². The fourth-order valence-electron chi connectivity index (χ4n) is 2.63. The molecular weight excluding hydrogens is 276 g/mol. The number of piperidine rings is 1. The van der Waals surface area contributed by atoms with Crippen LogP contribution in [0.3, 0.4) is 0 Å². The van der Waals surface area contributed by atoms with E-state index >= 15 is 0 Å². The zero-order valence-electron chi connectivity index (χ0n) is 11.9. The van der Waals surface area contributed by atoms with Crippen molar-refractivity contribution < 1.29 is 9.53 Å². The second-order valence-electron chi connectivity index (χ2n) is 5.04. The quantitative estimate of drug-likeness (QED) is 0.866. The number of benzene rings is 1. The van der Waals surface area contributed by atoms with Crippen molar-refractivity contribution in [2.24, 2.45) is 5.73 Å². The van der Waals surface area contributed by atoms with Gasteiger partial charge in [0.1, 0.15) is 0 Å². The van der Waals surface area contributed by atoms with E-state index in [0.29, 0.717) is 11.6 Å². The molecule has 1 heterocycles. The standard InChI is InChI=1S/C15H22N2O2.ClH/c1-19-15(18)13-7-5-12(6-8-13)11-17-9-3-2-4-14(17)10-16;/h5-8,14H,2-4,9-11,16H2,1H3;1H. The van der Waals surface area contributed by atoms with Gasteiger partial charge in [-0.3, -0.25) is 4.90 Å². The van der Waals surface area contributed by atoms with E-state index in [1.807, 2.05) is 24.3 Å². The molecule has 1 aromatic carbocycles. The van der Waals surface area contributed by atoms with Gasteiger partial charge < -0.3 is 10.5 Å². The summed E-state index contributed by atoms with van der Waals surface area (Å²) in [6, 6.07) is 8.13. The Kier molecular flexibility index (Phi) is 6.99. The first-order valence-electron chi connectivity index (χ1n) is 6.86. The van der Waals surface area contributed by atoms with Crippen LogP contribution in [0.2, 0.25) is 0 Å². The summed E-state index contributed by atoms with van der Waals surface area (Å²) in [4.78, 5) is 13.8. The molecule has 1 saturated heterocycles. The van der Waals surface area contributed by atoms with E-state index in [4.69, 9.17) is 10.5 Å². The van der Waals surface area contributed by atoms with Gasteiger partial charge in [0.05, 0.1) is 12.7 Å². The van der Waals surface area contributed by atoms with Gasteiger partial charge >= 0.3 is 5.97 Å². The van der Waals surface area contributed by atoms with E-state index < -0.39 is 0 Å². The van der Waals surface area contributed by atoms with Gasteiger partial charge in [-0.05, 0) is 37.1 Å². The number of ether oxygens (including phenoxy) is 1. The summed E-state index contributed by atoms with van der Waals surface area (Å²) in [6.45, 7) is 2.74. The number of rotatable bonds is 4. The fourth-order valence-corrected chi connectivity index (χ4v) is 2.63. The van der Waals surface area contributed by atoms with Crippen LogP contribution >= 0.6 is 12.4 Å². The Hall–Kier alpha value is -1.10. The van der Waals surface area contributed by atoms with Crippen LogP contribution in [0.25, 0.3) is 0 Å². The summed E-state index contributed by atoms with van der Waals surface area (Å²) in [5, 5.41) is 0. The Balaban J connectivity index is 0.00000200. The minimum absolute atomic E-state index is 0. The summed E-state index contributed by atoms with van der Waals surface area (Å²) >= 11 is 0. The molecule has 2 N–H and O–H groups in total. The van der Waals surface area contributed by atoms with Crippen LogP contribution in [0.4, 0.5) is 0 Å². The van der Waals surface area contributed by atoms with Gasteiger partial charge in [0.2, 0.25) is 0 Å². The van der Waals surface area contributed by atoms with E-state index in [1.165, 1.54) is 31.9 Å². The zero-order chi connectivity index (χ0) is 13.7. The molecule has 0 aliphatic carbocycles. The topological polar surface area (TPSA) is 55.6 Å². The average molecular weight is 299 g/mol. The van der Waals surface area contributed by atoms with Gasteiger partial charge in [-0.25, -0.2) is 4.79 Å². The van der Waals surface area contributed by atoms with Crippen LogP contribution in [0.15, 0.2) is 24.3 Å². The maximum atomic E-state index is 11.4. The number of hydrogen-bond donors (Lipinski definition) is 1. The number of carbonyl (C=O) groups excluding carboxylic acids is 1. The maximum absolute atomic E-state index is 11.4. The number of carbonyl (C=O) groups is 1. The third-order valence-electron chi connectivity index (χ3n) is 3.78. The molecule has 4 nitrogen and oxygen atoms in total. The van der Waals surface area contributed by atoms with Gasteiger partial charge in [-0.1, -0.05) is 18.6 Å². The van der Waals surface area contributed by atoms with Crippen molar-refractivity contribution in [2.45, 2.75) is 31.8 Å². The average Bonchev–Trinajstić information content (AvgIpc) is 2.48. The highest BCUT2D eigenvalue weighted by atomic mass is 35.5. The molecule has 0 radical (unpaired) electrons.